The molecule has 4 heteroatoms. The highest BCUT2D eigenvalue weighted by molar-refractivity contribution is 7.08. The Kier molecular flexibility index (Phi) is 8.42. The Morgan fingerprint density at radius 2 is 1.15 bits per heavy atom. The summed E-state index contributed by atoms with van der Waals surface area (Å²) in [6.07, 6.45) is 1.02. The van der Waals surface area contributed by atoms with E-state index in [1.54, 1.807) is 0 Å². The second-order valence-corrected chi connectivity index (χ2v) is 21.0. The highest BCUT2D eigenvalue weighted by Crippen LogP contribution is 2.44. The van der Waals surface area contributed by atoms with Crippen LogP contribution in [-0.4, -0.2) is 27.0 Å². The molecule has 152 valence electrons. The first kappa shape index (κ1) is 24.0. The van der Waals surface area contributed by atoms with Gasteiger partial charge in [-0.1, -0.05) is 91.5 Å². The first-order chi connectivity index (χ1) is 12.3. The summed E-state index contributed by atoms with van der Waals surface area (Å²) in [5.74, 6) is 0.0149. The van der Waals surface area contributed by atoms with Gasteiger partial charge in [-0.3, -0.25) is 0 Å². The van der Waals surface area contributed by atoms with Crippen LogP contribution in [0.5, 0.6) is 0 Å². The molecule has 0 amide bonds. The van der Waals surface area contributed by atoms with Gasteiger partial charge in [-0.15, -0.1) is 0 Å². The predicted molar refractivity (Wildman–Crippen MR) is 123 cm³/mol. The molecule has 2 nitrogen and oxygen atoms in total. The molecule has 1 rings (SSSR count). The van der Waals surface area contributed by atoms with Crippen molar-refractivity contribution in [3.8, 4) is 0 Å². The lowest BCUT2D eigenvalue weighted by molar-refractivity contribution is -0.114. The van der Waals surface area contributed by atoms with Crippen molar-refractivity contribution in [2.45, 2.75) is 96.6 Å². The second-order valence-electron chi connectivity index (χ2n) is 10.0. The van der Waals surface area contributed by atoms with Gasteiger partial charge in [0.1, 0.15) is 27.0 Å². The molecule has 27 heavy (non-hydrogen) atoms. The van der Waals surface area contributed by atoms with E-state index >= 15 is 0 Å². The number of carbonyl (C=O) groups is 2. The van der Waals surface area contributed by atoms with Gasteiger partial charge in [0.25, 0.3) is 0 Å². The van der Waals surface area contributed by atoms with Crippen LogP contribution in [0.3, 0.4) is 0 Å². The van der Waals surface area contributed by atoms with Crippen LogP contribution in [0.25, 0.3) is 0 Å². The van der Waals surface area contributed by atoms with Crippen LogP contribution in [0.4, 0.5) is 0 Å². The van der Waals surface area contributed by atoms with Gasteiger partial charge >= 0.3 is 0 Å². The van der Waals surface area contributed by atoms with Crippen molar-refractivity contribution in [3.63, 3.8) is 0 Å². The van der Waals surface area contributed by atoms with Crippen LogP contribution in [-0.2, 0) is 9.59 Å². The van der Waals surface area contributed by atoms with Crippen LogP contribution in [0.15, 0.2) is 30.3 Å². The van der Waals surface area contributed by atoms with E-state index in [0.717, 1.165) is 5.56 Å². The summed E-state index contributed by atoms with van der Waals surface area (Å²) in [6, 6.07) is 10.2. The van der Waals surface area contributed by atoms with Crippen LogP contribution in [0.2, 0.25) is 36.3 Å². The number of benzene rings is 1. The maximum atomic E-state index is 13.8. The van der Waals surface area contributed by atoms with E-state index in [1.807, 2.05) is 18.2 Å². The molecule has 0 fully saturated rings. The SMILES string of the molecule is CC(C)[Si](C(=O)CC(CC(=O)[Si](C)(C)C)c1ccccc1)(C(C)C)C(C)C. The molecule has 1 unspecified atom stereocenters. The topological polar surface area (TPSA) is 34.1 Å². The summed E-state index contributed by atoms with van der Waals surface area (Å²) >= 11 is 0. The fourth-order valence-electron chi connectivity index (χ4n) is 4.93. The summed E-state index contributed by atoms with van der Waals surface area (Å²) in [7, 11) is -4.02. The first-order valence-corrected chi connectivity index (χ1v) is 16.2. The Hall–Kier alpha value is -1.01. The minimum Gasteiger partial charge on any atom is -0.305 e. The van der Waals surface area contributed by atoms with Gasteiger partial charge in [0, 0.05) is 12.8 Å². The van der Waals surface area contributed by atoms with Crippen LogP contribution in [0.1, 0.15) is 65.9 Å². The van der Waals surface area contributed by atoms with Crippen LogP contribution in [0, 0.1) is 0 Å². The number of hydrogen-bond donors (Lipinski definition) is 0. The molecule has 0 spiro atoms. The average molecular weight is 405 g/mol. The molecule has 1 atom stereocenters. The summed E-state index contributed by atoms with van der Waals surface area (Å²) in [4.78, 5) is 26.6. The van der Waals surface area contributed by atoms with Crippen molar-refractivity contribution in [3.05, 3.63) is 35.9 Å². The zero-order valence-electron chi connectivity index (χ0n) is 18.9. The lowest BCUT2D eigenvalue weighted by atomic mass is 9.93. The van der Waals surface area contributed by atoms with Crippen molar-refractivity contribution < 1.29 is 9.59 Å². The van der Waals surface area contributed by atoms with Gasteiger partial charge in [-0.25, -0.2) is 0 Å². The molecule has 1 aromatic carbocycles. The van der Waals surface area contributed by atoms with Crippen molar-refractivity contribution in [1.29, 1.82) is 0 Å². The zero-order valence-corrected chi connectivity index (χ0v) is 20.9. The smallest absolute Gasteiger partial charge is 0.140 e. The van der Waals surface area contributed by atoms with Gasteiger partial charge < -0.3 is 9.59 Å². The molecule has 0 aliphatic rings. The molecule has 1 aromatic rings. The molecule has 0 bridgehead atoms. The largest absolute Gasteiger partial charge is 0.305 e. The monoisotopic (exact) mass is 404 g/mol. The number of hydrogen-bond acceptors (Lipinski definition) is 2. The summed E-state index contributed by atoms with van der Waals surface area (Å²) in [6.45, 7) is 19.7. The highest BCUT2D eigenvalue weighted by Gasteiger charge is 2.49. The molecule has 0 N–H and O–H groups in total. The standard InChI is InChI=1S/C23H40O2Si2/c1-17(2)27(18(3)4,19(5)6)23(25)16-21(15-22(24)26(7,8)9)20-13-11-10-12-14-20/h10-14,17-19,21H,15-16H2,1-9H3. The molecule has 0 aliphatic carbocycles. The fraction of sp³-hybridized carbons (Fsp3) is 0.652. The molecular formula is C23H40O2Si2. The lowest BCUT2D eigenvalue weighted by Crippen LogP contribution is -2.53. The third-order valence-electron chi connectivity index (χ3n) is 6.32. The van der Waals surface area contributed by atoms with E-state index in [9.17, 15) is 9.59 Å². The van der Waals surface area contributed by atoms with E-state index in [0.29, 0.717) is 40.3 Å². The first-order valence-electron chi connectivity index (χ1n) is 10.5. The fourth-order valence-corrected chi connectivity index (χ4v) is 12.3. The molecule has 0 heterocycles. The molecule has 0 saturated carbocycles. The molecule has 0 radical (unpaired) electrons. The van der Waals surface area contributed by atoms with E-state index in [-0.39, 0.29) is 5.92 Å². The zero-order chi connectivity index (χ0) is 21.0. The molecule has 0 aromatic heterocycles. The number of rotatable bonds is 10. The minimum absolute atomic E-state index is 0.0149. The lowest BCUT2D eigenvalue weighted by Gasteiger charge is -2.42. The Morgan fingerprint density at radius 3 is 1.52 bits per heavy atom. The Bertz CT molecular complexity index is 606. The normalized spacial score (nSPS) is 14.1. The van der Waals surface area contributed by atoms with Crippen molar-refractivity contribution >= 4 is 27.0 Å². The Labute approximate surface area is 169 Å². The van der Waals surface area contributed by atoms with Crippen molar-refractivity contribution in [2.24, 2.45) is 0 Å². The van der Waals surface area contributed by atoms with E-state index in [1.165, 1.54) is 0 Å². The maximum absolute atomic E-state index is 13.8. The van der Waals surface area contributed by atoms with Gasteiger partial charge in [0.15, 0.2) is 0 Å². The third-order valence-corrected chi connectivity index (χ3v) is 15.1. The Morgan fingerprint density at radius 1 is 0.741 bits per heavy atom. The molecule has 0 saturated heterocycles. The Balaban J connectivity index is 3.27. The molecule has 0 aliphatic heterocycles. The quantitative estimate of drug-likeness (QED) is 0.402. The van der Waals surface area contributed by atoms with Crippen molar-refractivity contribution in [1.82, 2.24) is 0 Å². The van der Waals surface area contributed by atoms with Gasteiger partial charge in [0.05, 0.1) is 0 Å². The van der Waals surface area contributed by atoms with Crippen LogP contribution >= 0.6 is 0 Å². The average Bonchev–Trinajstić information content (AvgIpc) is 2.53. The molecular weight excluding hydrogens is 364 g/mol. The van der Waals surface area contributed by atoms with Gasteiger partial charge in [-0.05, 0) is 28.1 Å². The van der Waals surface area contributed by atoms with Gasteiger partial charge in [-0.2, -0.15) is 0 Å². The summed E-state index contributed by atoms with van der Waals surface area (Å²) in [5, 5.41) is 0.829. The minimum atomic E-state index is -2.16. The predicted octanol–water partition coefficient (Wildman–Crippen LogP) is 6.78. The highest BCUT2D eigenvalue weighted by atomic mass is 28.3. The van der Waals surface area contributed by atoms with E-state index in [2.05, 4.69) is 73.3 Å². The maximum Gasteiger partial charge on any atom is 0.140 e. The third kappa shape index (κ3) is 5.51. The summed E-state index contributed by atoms with van der Waals surface area (Å²) in [5.41, 5.74) is 2.37. The van der Waals surface area contributed by atoms with Crippen molar-refractivity contribution in [2.75, 3.05) is 0 Å². The van der Waals surface area contributed by atoms with E-state index in [4.69, 9.17) is 0 Å². The summed E-state index contributed by atoms with van der Waals surface area (Å²) < 4.78 is 0. The van der Waals surface area contributed by atoms with E-state index < -0.39 is 16.1 Å². The number of carbonyl (C=O) groups excluding carboxylic acids is 2. The van der Waals surface area contributed by atoms with Gasteiger partial charge in [0.2, 0.25) is 0 Å². The second kappa shape index (κ2) is 9.46. The van der Waals surface area contributed by atoms with Crippen LogP contribution < -0.4 is 0 Å².